The van der Waals surface area contributed by atoms with Gasteiger partial charge in [-0.25, -0.2) is 4.79 Å². The number of rotatable bonds is 5. The Morgan fingerprint density at radius 2 is 1.91 bits per heavy atom. The van der Waals surface area contributed by atoms with E-state index in [1.807, 2.05) is 20.8 Å². The summed E-state index contributed by atoms with van der Waals surface area (Å²) in [6.07, 6.45) is -5.19. The van der Waals surface area contributed by atoms with Crippen LogP contribution in [0.25, 0.3) is 0 Å². The van der Waals surface area contributed by atoms with Gasteiger partial charge in [0.25, 0.3) is 0 Å². The zero-order chi connectivity index (χ0) is 17.3. The molecular formula is C15H30O7S. The Bertz CT molecular complexity index is 398. The van der Waals surface area contributed by atoms with Crippen molar-refractivity contribution >= 4 is 17.7 Å². The Kier molecular flexibility index (Phi) is 8.00. The fourth-order valence-corrected chi connectivity index (χ4v) is 3.99. The van der Waals surface area contributed by atoms with E-state index in [4.69, 9.17) is 9.84 Å². The van der Waals surface area contributed by atoms with E-state index in [1.54, 1.807) is 6.92 Å². The summed E-state index contributed by atoms with van der Waals surface area (Å²) in [7, 11) is 0. The molecule has 0 bridgehead atoms. The van der Waals surface area contributed by atoms with Crippen molar-refractivity contribution in [2.24, 2.45) is 5.92 Å². The van der Waals surface area contributed by atoms with E-state index in [1.165, 1.54) is 0 Å². The first-order chi connectivity index (χ1) is 9.93. The Balaban J connectivity index is 0.00000484. The first kappa shape index (κ1) is 22.6. The quantitative estimate of drug-likeness (QED) is 0.481. The van der Waals surface area contributed by atoms with E-state index in [0.29, 0.717) is 0 Å². The number of ether oxygens (including phenoxy) is 1. The number of hydrogen-bond acceptors (Lipinski definition) is 7. The lowest BCUT2D eigenvalue weighted by Crippen LogP contribution is -2.59. The van der Waals surface area contributed by atoms with E-state index < -0.39 is 52.6 Å². The van der Waals surface area contributed by atoms with Crippen molar-refractivity contribution in [2.45, 2.75) is 75.6 Å². The van der Waals surface area contributed by atoms with Crippen LogP contribution in [0.3, 0.4) is 0 Å². The Hall–Kier alpha value is -0.380. The smallest absolute Gasteiger partial charge is 0.346 e. The second-order valence-electron chi connectivity index (χ2n) is 6.73. The number of carboxylic acids is 1. The molecule has 1 fully saturated rings. The fourth-order valence-electron chi connectivity index (χ4n) is 2.50. The summed E-state index contributed by atoms with van der Waals surface area (Å²) in [5, 5.41) is 48.5. The van der Waals surface area contributed by atoms with Gasteiger partial charge in [-0.3, -0.25) is 0 Å². The summed E-state index contributed by atoms with van der Waals surface area (Å²) in [6, 6.07) is 0. The van der Waals surface area contributed by atoms with Gasteiger partial charge in [-0.1, -0.05) is 35.1 Å². The Morgan fingerprint density at radius 3 is 2.30 bits per heavy atom. The molecule has 1 aliphatic rings. The zero-order valence-electron chi connectivity index (χ0n) is 13.3. The summed E-state index contributed by atoms with van der Waals surface area (Å²) in [4.78, 5) is 10.0. The molecule has 1 rings (SSSR count). The van der Waals surface area contributed by atoms with Crippen molar-refractivity contribution in [1.82, 2.24) is 0 Å². The molecule has 0 aliphatic carbocycles. The van der Waals surface area contributed by atoms with Gasteiger partial charge >= 0.3 is 5.97 Å². The van der Waals surface area contributed by atoms with E-state index in [-0.39, 0.29) is 13.8 Å². The standard InChI is InChI=1S/C14H26O7S.CH4/c1-7-8(16)5-14(12(19)20,22-13(2,3)4)21-11(7)10(18)9(17)6-15;/h7-11,15-18H,5-6H2,1-4H3,(H,19,20);1H4. The molecule has 6 atom stereocenters. The van der Waals surface area contributed by atoms with E-state index in [9.17, 15) is 25.2 Å². The Labute approximate surface area is 141 Å². The molecular weight excluding hydrogens is 324 g/mol. The second-order valence-corrected chi connectivity index (χ2v) is 8.81. The molecule has 0 saturated carbocycles. The lowest BCUT2D eigenvalue weighted by molar-refractivity contribution is -0.212. The third-order valence-electron chi connectivity index (χ3n) is 3.64. The molecule has 23 heavy (non-hydrogen) atoms. The maximum absolute atomic E-state index is 11.8. The van der Waals surface area contributed by atoms with E-state index in [2.05, 4.69) is 0 Å². The van der Waals surface area contributed by atoms with E-state index >= 15 is 0 Å². The minimum Gasteiger partial charge on any atom is -0.478 e. The highest BCUT2D eigenvalue weighted by Crippen LogP contribution is 2.47. The summed E-state index contributed by atoms with van der Waals surface area (Å²) in [6.45, 7) is 6.39. The minimum atomic E-state index is -1.72. The van der Waals surface area contributed by atoms with Crippen LogP contribution >= 0.6 is 11.8 Å². The maximum Gasteiger partial charge on any atom is 0.346 e. The molecule has 0 aromatic carbocycles. The van der Waals surface area contributed by atoms with Crippen molar-refractivity contribution in [3.63, 3.8) is 0 Å². The number of aliphatic hydroxyl groups excluding tert-OH is 4. The summed E-state index contributed by atoms with van der Waals surface area (Å²) < 4.78 is 5.21. The first-order valence-electron chi connectivity index (χ1n) is 7.20. The first-order valence-corrected chi connectivity index (χ1v) is 8.01. The van der Waals surface area contributed by atoms with Crippen LogP contribution in [-0.2, 0) is 9.53 Å². The predicted molar refractivity (Wildman–Crippen MR) is 88.2 cm³/mol. The molecule has 1 aliphatic heterocycles. The van der Waals surface area contributed by atoms with E-state index in [0.717, 1.165) is 11.8 Å². The molecule has 7 nitrogen and oxygen atoms in total. The number of aliphatic carboxylic acids is 1. The van der Waals surface area contributed by atoms with Crippen LogP contribution in [0.5, 0.6) is 0 Å². The van der Waals surface area contributed by atoms with Crippen LogP contribution in [0.2, 0.25) is 0 Å². The highest BCUT2D eigenvalue weighted by Gasteiger charge is 2.54. The minimum absolute atomic E-state index is 0. The molecule has 138 valence electrons. The molecule has 6 unspecified atom stereocenters. The summed E-state index contributed by atoms with van der Waals surface area (Å²) in [5.41, 5.74) is 0. The second kappa shape index (κ2) is 8.13. The SMILES string of the molecule is C.CC1C(O)CC(SC(C)(C)C)(C(=O)O)OC1C(O)C(O)CO. The number of carboxylic acid groups (broad SMARTS) is 1. The molecule has 5 N–H and O–H groups in total. The van der Waals surface area contributed by atoms with Crippen molar-refractivity contribution in [3.05, 3.63) is 0 Å². The highest BCUT2D eigenvalue weighted by molar-refractivity contribution is 8.02. The van der Waals surface area contributed by atoms with Gasteiger partial charge in [-0.05, 0) is 0 Å². The van der Waals surface area contributed by atoms with Gasteiger partial charge in [0.2, 0.25) is 4.93 Å². The average Bonchev–Trinajstić information content (AvgIpc) is 2.39. The third-order valence-corrected chi connectivity index (χ3v) is 5.02. The predicted octanol–water partition coefficient (Wildman–Crippen LogP) is 0.435. The number of aliphatic hydroxyl groups is 4. The maximum atomic E-state index is 11.8. The van der Waals surface area contributed by atoms with Crippen LogP contribution in [0.15, 0.2) is 0 Å². The zero-order valence-corrected chi connectivity index (χ0v) is 14.1. The molecule has 0 aromatic heterocycles. The molecule has 1 heterocycles. The molecule has 1 saturated heterocycles. The van der Waals surface area contributed by atoms with Crippen LogP contribution < -0.4 is 0 Å². The summed E-state index contributed by atoms with van der Waals surface area (Å²) in [5.74, 6) is -1.82. The largest absolute Gasteiger partial charge is 0.478 e. The van der Waals surface area contributed by atoms with Gasteiger partial charge in [0.15, 0.2) is 0 Å². The lowest BCUT2D eigenvalue weighted by Gasteiger charge is -2.47. The molecule has 0 spiro atoms. The molecule has 0 radical (unpaired) electrons. The van der Waals surface area contributed by atoms with Gasteiger partial charge in [0.05, 0.1) is 18.8 Å². The van der Waals surface area contributed by atoms with Gasteiger partial charge < -0.3 is 30.3 Å². The van der Waals surface area contributed by atoms with Crippen molar-refractivity contribution < 1.29 is 35.1 Å². The van der Waals surface area contributed by atoms with Crippen molar-refractivity contribution in [3.8, 4) is 0 Å². The third kappa shape index (κ3) is 5.30. The summed E-state index contributed by atoms with van der Waals surface area (Å²) >= 11 is 1.04. The van der Waals surface area contributed by atoms with Gasteiger partial charge in [-0.2, -0.15) is 0 Å². The van der Waals surface area contributed by atoms with Gasteiger partial charge in [0.1, 0.15) is 12.2 Å². The number of hydrogen-bond donors (Lipinski definition) is 5. The van der Waals surface area contributed by atoms with Gasteiger partial charge in [0, 0.05) is 17.1 Å². The lowest BCUT2D eigenvalue weighted by atomic mass is 9.85. The van der Waals surface area contributed by atoms with Crippen LogP contribution in [0.1, 0.15) is 41.5 Å². The number of thioether (sulfide) groups is 1. The van der Waals surface area contributed by atoms with Crippen LogP contribution in [0.4, 0.5) is 0 Å². The fraction of sp³-hybridized carbons (Fsp3) is 0.933. The average molecular weight is 354 g/mol. The van der Waals surface area contributed by atoms with Crippen molar-refractivity contribution in [1.29, 1.82) is 0 Å². The van der Waals surface area contributed by atoms with Crippen molar-refractivity contribution in [2.75, 3.05) is 6.61 Å². The molecule has 0 amide bonds. The topological polar surface area (TPSA) is 127 Å². The van der Waals surface area contributed by atoms with Gasteiger partial charge in [-0.15, -0.1) is 11.8 Å². The molecule has 0 aromatic rings. The highest BCUT2D eigenvalue weighted by atomic mass is 32.2. The van der Waals surface area contributed by atoms with Crippen LogP contribution in [-0.4, -0.2) is 72.2 Å². The number of carbonyl (C=O) groups is 1. The Morgan fingerprint density at radius 1 is 1.39 bits per heavy atom. The molecule has 8 heteroatoms. The van der Waals surface area contributed by atoms with Crippen LogP contribution in [0, 0.1) is 5.92 Å². The normalized spacial score (nSPS) is 34.3. The monoisotopic (exact) mass is 354 g/mol.